The number of likely N-dealkylation sites (N-methyl/N-ethyl adjacent to an activating group) is 1. The molecule has 1 aliphatic heterocycles. The van der Waals surface area contributed by atoms with Gasteiger partial charge in [0.1, 0.15) is 0 Å². The Labute approximate surface area is 154 Å². The predicted octanol–water partition coefficient (Wildman–Crippen LogP) is 5.06. The first kappa shape index (κ1) is 15.5. The molecule has 5 heteroatoms. The molecule has 0 aliphatic carbocycles. The Hall–Kier alpha value is -0.400. The molecule has 0 N–H and O–H groups in total. The van der Waals surface area contributed by atoms with E-state index in [4.69, 9.17) is 0 Å². The predicted molar refractivity (Wildman–Crippen MR) is 101 cm³/mol. The molecule has 3 rings (SSSR count). The summed E-state index contributed by atoms with van der Waals surface area (Å²) in [6, 6.07) is 12.5. The fourth-order valence-corrected chi connectivity index (χ4v) is 4.50. The molecule has 2 aromatic rings. The number of anilines is 1. The van der Waals surface area contributed by atoms with Crippen LogP contribution in [-0.4, -0.2) is 13.0 Å². The van der Waals surface area contributed by atoms with Crippen LogP contribution in [0.3, 0.4) is 0 Å². The minimum atomic E-state index is 0.105. The van der Waals surface area contributed by atoms with E-state index < -0.39 is 0 Å². The van der Waals surface area contributed by atoms with Gasteiger partial charge in [0.15, 0.2) is 0 Å². The van der Waals surface area contributed by atoms with E-state index in [1.165, 1.54) is 14.7 Å². The van der Waals surface area contributed by atoms with Crippen molar-refractivity contribution in [3.8, 4) is 0 Å². The van der Waals surface area contributed by atoms with E-state index in [1.807, 2.05) is 13.1 Å². The van der Waals surface area contributed by atoms with Crippen molar-refractivity contribution in [3.63, 3.8) is 0 Å². The highest BCUT2D eigenvalue weighted by Gasteiger charge is 2.25. The zero-order valence-corrected chi connectivity index (χ0v) is 16.6. The molecule has 1 amide bonds. The second-order valence-corrected chi connectivity index (χ2v) is 8.06. The molecule has 1 unspecified atom stereocenters. The maximum atomic E-state index is 11.8. The fraction of sp³-hybridized carbons (Fsp3) is 0.188. The van der Waals surface area contributed by atoms with Crippen molar-refractivity contribution in [2.24, 2.45) is 0 Å². The number of fused-ring (bicyclic) bond motifs is 1. The molecular formula is C16H12Br2INO. The van der Waals surface area contributed by atoms with Gasteiger partial charge in [-0.2, -0.15) is 0 Å². The normalized spacial score (nSPS) is 15.2. The topological polar surface area (TPSA) is 20.3 Å². The molecule has 1 aliphatic rings. The molecule has 0 saturated carbocycles. The third-order valence-electron chi connectivity index (χ3n) is 3.70. The Morgan fingerprint density at radius 2 is 2.00 bits per heavy atom. The lowest BCUT2D eigenvalue weighted by atomic mass is 10.0. The highest BCUT2D eigenvalue weighted by molar-refractivity contribution is 14.1. The van der Waals surface area contributed by atoms with Crippen molar-refractivity contribution < 1.29 is 4.79 Å². The number of hydrogen-bond donors (Lipinski definition) is 0. The summed E-state index contributed by atoms with van der Waals surface area (Å²) in [7, 11) is 1.83. The summed E-state index contributed by atoms with van der Waals surface area (Å²) >= 11 is 9.72. The van der Waals surface area contributed by atoms with E-state index in [0.717, 1.165) is 15.7 Å². The maximum Gasteiger partial charge on any atom is 0.231 e. The molecule has 2 aromatic carbocycles. The van der Waals surface area contributed by atoms with Gasteiger partial charge in [0.05, 0.1) is 11.2 Å². The van der Waals surface area contributed by atoms with Crippen molar-refractivity contribution in [2.75, 3.05) is 11.9 Å². The number of benzene rings is 2. The van der Waals surface area contributed by atoms with Gasteiger partial charge >= 0.3 is 0 Å². The SMILES string of the molecule is CN1C(=O)Cc2cc(C(Br)c3cc(I)ccc3Br)ccc21. The average molecular weight is 521 g/mol. The van der Waals surface area contributed by atoms with Crippen LogP contribution in [-0.2, 0) is 11.2 Å². The van der Waals surface area contributed by atoms with Gasteiger partial charge in [-0.3, -0.25) is 4.79 Å². The van der Waals surface area contributed by atoms with Crippen molar-refractivity contribution >= 4 is 66.0 Å². The molecule has 0 spiro atoms. The van der Waals surface area contributed by atoms with E-state index in [2.05, 4.69) is 84.8 Å². The van der Waals surface area contributed by atoms with Gasteiger partial charge in [-0.25, -0.2) is 0 Å². The molecule has 108 valence electrons. The number of nitrogens with zero attached hydrogens (tertiary/aromatic N) is 1. The Morgan fingerprint density at radius 3 is 2.76 bits per heavy atom. The van der Waals surface area contributed by atoms with Gasteiger partial charge in [0.2, 0.25) is 5.91 Å². The first-order valence-electron chi connectivity index (χ1n) is 6.46. The first-order valence-corrected chi connectivity index (χ1v) is 9.24. The molecule has 0 radical (unpaired) electrons. The quantitative estimate of drug-likeness (QED) is 0.400. The molecule has 1 atom stereocenters. The highest BCUT2D eigenvalue weighted by atomic mass is 127. The van der Waals surface area contributed by atoms with Gasteiger partial charge in [0.25, 0.3) is 0 Å². The van der Waals surface area contributed by atoms with Crippen LogP contribution in [0.5, 0.6) is 0 Å². The van der Waals surface area contributed by atoms with Gasteiger partial charge in [-0.15, -0.1) is 0 Å². The third-order valence-corrected chi connectivity index (χ3v) is 6.12. The summed E-state index contributed by atoms with van der Waals surface area (Å²) in [4.78, 5) is 13.6. The molecule has 0 fully saturated rings. The van der Waals surface area contributed by atoms with E-state index in [-0.39, 0.29) is 10.7 Å². The third kappa shape index (κ3) is 2.92. The first-order chi connectivity index (χ1) is 9.97. The molecule has 21 heavy (non-hydrogen) atoms. The Balaban J connectivity index is 2.00. The zero-order chi connectivity index (χ0) is 15.1. The summed E-state index contributed by atoms with van der Waals surface area (Å²) in [5.74, 6) is 0.156. The second kappa shape index (κ2) is 6.01. The van der Waals surface area contributed by atoms with Crippen molar-refractivity contribution in [2.45, 2.75) is 11.2 Å². The maximum absolute atomic E-state index is 11.8. The van der Waals surface area contributed by atoms with E-state index >= 15 is 0 Å². The van der Waals surface area contributed by atoms with Crippen LogP contribution >= 0.6 is 54.5 Å². The Kier molecular flexibility index (Phi) is 4.43. The molecule has 1 heterocycles. The van der Waals surface area contributed by atoms with Crippen LogP contribution in [0.2, 0.25) is 0 Å². The Bertz CT molecular complexity index is 732. The van der Waals surface area contributed by atoms with Gasteiger partial charge in [0, 0.05) is 20.8 Å². The highest BCUT2D eigenvalue weighted by Crippen LogP contribution is 2.39. The number of hydrogen-bond acceptors (Lipinski definition) is 1. The van der Waals surface area contributed by atoms with E-state index in [9.17, 15) is 4.79 Å². The van der Waals surface area contributed by atoms with Crippen LogP contribution in [0.1, 0.15) is 21.5 Å². The molecule has 0 bridgehead atoms. The average Bonchev–Trinajstić information content (AvgIpc) is 2.75. The standard InChI is InChI=1S/C16H12Br2INO/c1-20-14-5-2-9(6-10(14)7-15(20)21)16(18)12-8-11(19)3-4-13(12)17/h2-6,8,16H,7H2,1H3. The Morgan fingerprint density at radius 1 is 1.24 bits per heavy atom. The van der Waals surface area contributed by atoms with Gasteiger partial charge < -0.3 is 4.90 Å². The van der Waals surface area contributed by atoms with Crippen LogP contribution < -0.4 is 4.90 Å². The van der Waals surface area contributed by atoms with Crippen molar-refractivity contribution in [1.29, 1.82) is 0 Å². The lowest BCUT2D eigenvalue weighted by molar-refractivity contribution is -0.117. The summed E-state index contributed by atoms with van der Waals surface area (Å²) in [5.41, 5.74) is 4.48. The summed E-state index contributed by atoms with van der Waals surface area (Å²) in [5, 5.41) is 0. The lowest BCUT2D eigenvalue weighted by Gasteiger charge is -2.15. The van der Waals surface area contributed by atoms with E-state index in [0.29, 0.717) is 6.42 Å². The van der Waals surface area contributed by atoms with Crippen LogP contribution in [0.4, 0.5) is 5.69 Å². The molecule has 0 aromatic heterocycles. The summed E-state index contributed by atoms with van der Waals surface area (Å²) in [6.45, 7) is 0. The van der Waals surface area contributed by atoms with Crippen LogP contribution in [0.15, 0.2) is 40.9 Å². The largest absolute Gasteiger partial charge is 0.315 e. The van der Waals surface area contributed by atoms with Gasteiger partial charge in [-0.05, 0) is 63.5 Å². The number of carbonyl (C=O) groups excluding carboxylic acids is 1. The van der Waals surface area contributed by atoms with Crippen molar-refractivity contribution in [3.05, 3.63) is 61.1 Å². The number of halogens is 3. The second-order valence-electron chi connectivity index (χ2n) is 5.05. The minimum absolute atomic E-state index is 0.105. The lowest BCUT2D eigenvalue weighted by Crippen LogP contribution is -2.20. The number of carbonyl (C=O) groups is 1. The van der Waals surface area contributed by atoms with Crippen LogP contribution in [0.25, 0.3) is 0 Å². The minimum Gasteiger partial charge on any atom is -0.315 e. The van der Waals surface area contributed by atoms with Crippen LogP contribution in [0, 0.1) is 3.57 Å². The zero-order valence-electron chi connectivity index (χ0n) is 11.2. The monoisotopic (exact) mass is 519 g/mol. The molecule has 2 nitrogen and oxygen atoms in total. The summed E-state index contributed by atoms with van der Waals surface area (Å²) in [6.07, 6.45) is 0.493. The summed E-state index contributed by atoms with van der Waals surface area (Å²) < 4.78 is 2.28. The number of rotatable bonds is 2. The van der Waals surface area contributed by atoms with Crippen molar-refractivity contribution in [1.82, 2.24) is 0 Å². The fourth-order valence-electron chi connectivity index (χ4n) is 2.54. The van der Waals surface area contributed by atoms with E-state index in [1.54, 1.807) is 4.90 Å². The van der Waals surface area contributed by atoms with Gasteiger partial charge in [-0.1, -0.05) is 44.0 Å². The number of amides is 1. The molecule has 0 saturated heterocycles. The smallest absolute Gasteiger partial charge is 0.231 e. The number of alkyl halides is 1. The molecular weight excluding hydrogens is 509 g/mol.